The number of aliphatic imine (C=N–C) groups is 1. The summed E-state index contributed by atoms with van der Waals surface area (Å²) in [7, 11) is 0. The molecule has 2 aliphatic heterocycles. The van der Waals surface area contributed by atoms with E-state index < -0.39 is 0 Å². The van der Waals surface area contributed by atoms with Crippen LogP contribution in [-0.2, 0) is 9.53 Å². The maximum atomic E-state index is 11.3. The smallest absolute Gasteiger partial charge is 0.195 e. The predicted octanol–water partition coefficient (Wildman–Crippen LogP) is 2.62. The molecule has 0 radical (unpaired) electrons. The van der Waals surface area contributed by atoms with Gasteiger partial charge < -0.3 is 25.1 Å². The first kappa shape index (κ1) is 18.5. The van der Waals surface area contributed by atoms with Crippen LogP contribution >= 0.6 is 0 Å². The second kappa shape index (κ2) is 8.89. The van der Waals surface area contributed by atoms with Crippen molar-refractivity contribution in [1.29, 1.82) is 0 Å². The van der Waals surface area contributed by atoms with Crippen molar-refractivity contribution < 1.29 is 9.53 Å². The third-order valence-corrected chi connectivity index (χ3v) is 5.25. The van der Waals surface area contributed by atoms with Crippen molar-refractivity contribution >= 4 is 23.6 Å². The molecule has 28 heavy (non-hydrogen) atoms. The van der Waals surface area contributed by atoms with E-state index in [2.05, 4.69) is 56.9 Å². The highest BCUT2D eigenvalue weighted by molar-refractivity contribution is 5.94. The second-order valence-corrected chi connectivity index (χ2v) is 7.05. The predicted molar refractivity (Wildman–Crippen MR) is 112 cm³/mol. The summed E-state index contributed by atoms with van der Waals surface area (Å²) in [6.07, 6.45) is 1.47. The van der Waals surface area contributed by atoms with Crippen LogP contribution in [0.15, 0.2) is 53.5 Å². The number of carbonyl (C=O) groups excluding carboxylic acids is 1. The Balaban J connectivity index is 1.49. The normalized spacial score (nSPS) is 17.6. The number of guanidine groups is 1. The Morgan fingerprint density at radius 1 is 1.07 bits per heavy atom. The van der Waals surface area contributed by atoms with Crippen molar-refractivity contribution in [3.63, 3.8) is 0 Å². The Kier molecular flexibility index (Phi) is 5.87. The molecule has 146 valence electrons. The topological polar surface area (TPSA) is 66.0 Å². The Morgan fingerprint density at radius 2 is 1.75 bits per heavy atom. The van der Waals surface area contributed by atoms with Gasteiger partial charge in [-0.3, -0.25) is 4.99 Å². The Labute approximate surface area is 165 Å². The average molecular weight is 378 g/mol. The molecule has 1 atom stereocenters. The van der Waals surface area contributed by atoms with E-state index in [1.54, 1.807) is 0 Å². The van der Waals surface area contributed by atoms with E-state index in [0.29, 0.717) is 6.42 Å². The van der Waals surface area contributed by atoms with Gasteiger partial charge in [-0.15, -0.1) is 0 Å². The zero-order valence-corrected chi connectivity index (χ0v) is 15.9. The molecule has 0 amide bonds. The fourth-order valence-electron chi connectivity index (χ4n) is 3.72. The molecule has 2 heterocycles. The van der Waals surface area contributed by atoms with Crippen molar-refractivity contribution in [2.75, 3.05) is 49.6 Å². The van der Waals surface area contributed by atoms with Gasteiger partial charge in [0.15, 0.2) is 5.96 Å². The Hall–Kier alpha value is -2.86. The molecule has 0 bridgehead atoms. The summed E-state index contributed by atoms with van der Waals surface area (Å²) in [5, 5.41) is 6.48. The summed E-state index contributed by atoms with van der Waals surface area (Å²) < 4.78 is 5.43. The van der Waals surface area contributed by atoms with Gasteiger partial charge in [-0.1, -0.05) is 24.3 Å². The van der Waals surface area contributed by atoms with E-state index in [1.807, 2.05) is 12.1 Å². The van der Waals surface area contributed by atoms with Crippen LogP contribution < -0.4 is 15.5 Å². The average Bonchev–Trinajstić information content (AvgIpc) is 3.27. The summed E-state index contributed by atoms with van der Waals surface area (Å²) >= 11 is 0. The minimum atomic E-state index is 0.0623. The number of nitrogens with one attached hydrogen (secondary N) is 2. The highest BCUT2D eigenvalue weighted by atomic mass is 16.5. The van der Waals surface area contributed by atoms with E-state index in [1.165, 1.54) is 5.69 Å². The van der Waals surface area contributed by atoms with Crippen molar-refractivity contribution in [2.24, 2.45) is 4.99 Å². The number of morpholine rings is 1. The maximum Gasteiger partial charge on any atom is 0.195 e. The van der Waals surface area contributed by atoms with Gasteiger partial charge >= 0.3 is 0 Å². The molecular formula is C22H26N4O2. The lowest BCUT2D eigenvalue weighted by molar-refractivity contribution is -0.108. The molecule has 0 spiro atoms. The number of ether oxygens (including phenoxy) is 1. The van der Waals surface area contributed by atoms with Crippen molar-refractivity contribution in [3.8, 4) is 0 Å². The molecule has 4 rings (SSSR count). The van der Waals surface area contributed by atoms with E-state index in [-0.39, 0.29) is 5.92 Å². The minimum absolute atomic E-state index is 0.0623. The molecule has 0 aliphatic carbocycles. The lowest BCUT2D eigenvalue weighted by Crippen LogP contribution is -2.36. The number of carbonyl (C=O) groups is 1. The molecule has 6 heteroatoms. The van der Waals surface area contributed by atoms with Gasteiger partial charge in [0.05, 0.1) is 19.8 Å². The van der Waals surface area contributed by atoms with Gasteiger partial charge in [0.2, 0.25) is 0 Å². The zero-order valence-electron chi connectivity index (χ0n) is 15.9. The number of nitrogens with zero attached hydrogens (tertiary/aromatic N) is 2. The Morgan fingerprint density at radius 3 is 2.36 bits per heavy atom. The van der Waals surface area contributed by atoms with Gasteiger partial charge in [0.1, 0.15) is 6.29 Å². The molecule has 1 fully saturated rings. The fraction of sp³-hybridized carbons (Fsp3) is 0.364. The van der Waals surface area contributed by atoms with Gasteiger partial charge in [-0.2, -0.15) is 0 Å². The third-order valence-electron chi connectivity index (χ3n) is 5.25. The van der Waals surface area contributed by atoms with Gasteiger partial charge in [0.25, 0.3) is 0 Å². The lowest BCUT2D eigenvalue weighted by atomic mass is 9.88. The molecule has 0 aromatic heterocycles. The van der Waals surface area contributed by atoms with Crippen LogP contribution in [0, 0.1) is 0 Å². The standard InChI is InChI=1S/C22H26N4O2/c27-14-9-21(17-1-5-19(6-2-17)25-22-23-10-11-24-22)18-3-7-20(8-4-18)26-12-15-28-16-13-26/h1-8,14,21H,9-13,15-16H2,(H2,23,24,25). The van der Waals surface area contributed by atoms with E-state index in [0.717, 1.165) is 68.5 Å². The fourth-order valence-corrected chi connectivity index (χ4v) is 3.72. The first-order valence-electron chi connectivity index (χ1n) is 9.85. The van der Waals surface area contributed by atoms with Crippen molar-refractivity contribution in [1.82, 2.24) is 5.32 Å². The van der Waals surface area contributed by atoms with Crippen LogP contribution in [-0.4, -0.2) is 51.6 Å². The number of hydrogen-bond donors (Lipinski definition) is 2. The minimum Gasteiger partial charge on any atom is -0.378 e. The van der Waals surface area contributed by atoms with E-state index in [4.69, 9.17) is 4.74 Å². The van der Waals surface area contributed by atoms with Crippen LogP contribution in [0.4, 0.5) is 11.4 Å². The first-order valence-corrected chi connectivity index (χ1v) is 9.85. The number of hydrogen-bond acceptors (Lipinski definition) is 6. The molecule has 2 N–H and O–H groups in total. The van der Waals surface area contributed by atoms with Gasteiger partial charge in [-0.05, 0) is 35.4 Å². The number of rotatable bonds is 6. The van der Waals surface area contributed by atoms with Gasteiger partial charge in [0, 0.05) is 43.3 Å². The lowest BCUT2D eigenvalue weighted by Gasteiger charge is -2.29. The molecule has 2 aromatic carbocycles. The molecule has 6 nitrogen and oxygen atoms in total. The van der Waals surface area contributed by atoms with Crippen LogP contribution in [0.2, 0.25) is 0 Å². The molecule has 1 unspecified atom stereocenters. The number of benzene rings is 2. The molecule has 0 saturated carbocycles. The molecule has 2 aromatic rings. The van der Waals surface area contributed by atoms with E-state index >= 15 is 0 Å². The largest absolute Gasteiger partial charge is 0.378 e. The SMILES string of the molecule is O=CCC(c1ccc(NC2=NCCN2)cc1)c1ccc(N2CCOCC2)cc1. The molecule has 1 saturated heterocycles. The first-order chi connectivity index (χ1) is 13.8. The van der Waals surface area contributed by atoms with Crippen LogP contribution in [0.3, 0.4) is 0 Å². The monoisotopic (exact) mass is 378 g/mol. The van der Waals surface area contributed by atoms with Crippen LogP contribution in [0.25, 0.3) is 0 Å². The third kappa shape index (κ3) is 4.34. The zero-order chi connectivity index (χ0) is 19.2. The Bertz CT molecular complexity index is 811. The summed E-state index contributed by atoms with van der Waals surface area (Å²) in [5.41, 5.74) is 4.50. The maximum absolute atomic E-state index is 11.3. The quantitative estimate of drug-likeness (QED) is 0.757. The second-order valence-electron chi connectivity index (χ2n) is 7.05. The highest BCUT2D eigenvalue weighted by Crippen LogP contribution is 2.30. The van der Waals surface area contributed by atoms with Gasteiger partial charge in [-0.25, -0.2) is 0 Å². The van der Waals surface area contributed by atoms with Crippen molar-refractivity contribution in [2.45, 2.75) is 12.3 Å². The van der Waals surface area contributed by atoms with Crippen molar-refractivity contribution in [3.05, 3.63) is 59.7 Å². The molecule has 2 aliphatic rings. The molecular weight excluding hydrogens is 352 g/mol. The summed E-state index contributed by atoms with van der Waals surface area (Å²) in [6.45, 7) is 5.08. The summed E-state index contributed by atoms with van der Waals surface area (Å²) in [6, 6.07) is 16.8. The van der Waals surface area contributed by atoms with Crippen LogP contribution in [0.1, 0.15) is 23.5 Å². The highest BCUT2D eigenvalue weighted by Gasteiger charge is 2.16. The number of anilines is 2. The van der Waals surface area contributed by atoms with Crippen LogP contribution in [0.5, 0.6) is 0 Å². The summed E-state index contributed by atoms with van der Waals surface area (Å²) in [5.74, 6) is 0.878. The summed E-state index contributed by atoms with van der Waals surface area (Å²) in [4.78, 5) is 18.0. The number of aldehydes is 1. The van der Waals surface area contributed by atoms with E-state index in [9.17, 15) is 4.79 Å².